The quantitative estimate of drug-likeness (QED) is 0.505. The van der Waals surface area contributed by atoms with Gasteiger partial charge in [0.1, 0.15) is 12.9 Å². The number of nitrogens with one attached hydrogen (secondary N) is 2. The Kier molecular flexibility index (Phi) is 4.64. The number of hydrogen-bond donors (Lipinski definition) is 2. The maximum absolute atomic E-state index is 13.1. The van der Waals surface area contributed by atoms with Crippen LogP contribution in [0.2, 0.25) is 0 Å². The predicted octanol–water partition coefficient (Wildman–Crippen LogP) is 1.89. The van der Waals surface area contributed by atoms with E-state index in [9.17, 15) is 10.1 Å². The Balaban J connectivity index is 1.10. The van der Waals surface area contributed by atoms with E-state index >= 15 is 0 Å². The highest BCUT2D eigenvalue weighted by atomic mass is 16.5. The zero-order chi connectivity index (χ0) is 24.3. The zero-order valence-corrected chi connectivity index (χ0v) is 19.8. The summed E-state index contributed by atoms with van der Waals surface area (Å²) in [6.07, 6.45) is 9.73. The molecule has 0 aromatic carbocycles. The summed E-state index contributed by atoms with van der Waals surface area (Å²) in [6.45, 7) is 1.63. The molecule has 184 valence electrons. The first-order valence-electron chi connectivity index (χ1n) is 12.6. The van der Waals surface area contributed by atoms with Crippen LogP contribution >= 0.6 is 0 Å². The molecule has 3 aromatic heterocycles. The molecule has 1 amide bonds. The van der Waals surface area contributed by atoms with E-state index in [0.717, 1.165) is 61.9 Å². The van der Waals surface area contributed by atoms with Gasteiger partial charge in [0, 0.05) is 36.4 Å². The topological polar surface area (TPSA) is 158 Å². The van der Waals surface area contributed by atoms with E-state index in [-0.39, 0.29) is 35.8 Å². The molecule has 8 rings (SSSR count). The van der Waals surface area contributed by atoms with Crippen molar-refractivity contribution >= 4 is 22.9 Å². The first-order valence-corrected chi connectivity index (χ1v) is 12.6. The normalized spacial score (nSPS) is 26.0. The highest BCUT2D eigenvalue weighted by Gasteiger charge is 2.57. The standard InChI is InChI=1S/C24H26N10O2/c25-11-23(3-4-23)12-36-22-29-19(20(35)31-24-7-14(8-24)9-24)28-21(30-22)34-5-1-15(2-6-34)17-16-10-26-13-27-18(16)33-32-17/h10,13-15H,1-9,12H2,(H,31,35)(H,26,27,32,33). The summed E-state index contributed by atoms with van der Waals surface area (Å²) >= 11 is 0. The average molecular weight is 487 g/mol. The van der Waals surface area contributed by atoms with Crippen LogP contribution in [0.25, 0.3) is 11.0 Å². The van der Waals surface area contributed by atoms with Crippen LogP contribution in [0.15, 0.2) is 12.5 Å². The molecule has 4 aliphatic carbocycles. The fraction of sp³-hybridized carbons (Fsp3) is 0.583. The third-order valence-electron chi connectivity index (χ3n) is 8.24. The number of H-pyrrole nitrogens is 1. The summed E-state index contributed by atoms with van der Waals surface area (Å²) in [4.78, 5) is 36.9. The molecule has 36 heavy (non-hydrogen) atoms. The molecule has 5 fully saturated rings. The van der Waals surface area contributed by atoms with E-state index in [1.807, 2.05) is 0 Å². The minimum absolute atomic E-state index is 0.0698. The summed E-state index contributed by atoms with van der Waals surface area (Å²) in [5, 5.41) is 20.9. The zero-order valence-electron chi connectivity index (χ0n) is 19.8. The van der Waals surface area contributed by atoms with E-state index in [1.54, 1.807) is 6.20 Å². The van der Waals surface area contributed by atoms with Crippen molar-refractivity contribution in [2.45, 2.75) is 56.4 Å². The van der Waals surface area contributed by atoms with Crippen molar-refractivity contribution in [2.24, 2.45) is 11.3 Å². The van der Waals surface area contributed by atoms with Crippen LogP contribution in [0.5, 0.6) is 6.01 Å². The van der Waals surface area contributed by atoms with Crippen LogP contribution in [0.1, 0.15) is 67.2 Å². The number of hydrogen-bond acceptors (Lipinski definition) is 10. The number of carbonyl (C=O) groups excluding carboxylic acids is 1. The van der Waals surface area contributed by atoms with Crippen molar-refractivity contribution in [1.82, 2.24) is 40.4 Å². The number of amides is 1. The van der Waals surface area contributed by atoms with Gasteiger partial charge in [-0.3, -0.25) is 9.89 Å². The summed E-state index contributed by atoms with van der Waals surface area (Å²) < 4.78 is 5.84. The van der Waals surface area contributed by atoms with Gasteiger partial charge in [-0.15, -0.1) is 0 Å². The van der Waals surface area contributed by atoms with Gasteiger partial charge in [0.05, 0.1) is 16.9 Å². The number of fused-ring (bicyclic) bond motifs is 1. The Morgan fingerprint density at radius 1 is 1.22 bits per heavy atom. The highest BCUT2D eigenvalue weighted by molar-refractivity contribution is 5.91. The lowest BCUT2D eigenvalue weighted by atomic mass is 9.50. The molecule has 0 unspecified atom stereocenters. The fourth-order valence-corrected chi connectivity index (χ4v) is 5.68. The molecular weight excluding hydrogens is 460 g/mol. The third kappa shape index (κ3) is 3.61. The van der Waals surface area contributed by atoms with Crippen molar-refractivity contribution < 1.29 is 9.53 Å². The average Bonchev–Trinajstić information content (AvgIpc) is 3.53. The maximum atomic E-state index is 13.1. The van der Waals surface area contributed by atoms with Gasteiger partial charge in [-0.25, -0.2) is 9.97 Å². The van der Waals surface area contributed by atoms with Crippen molar-refractivity contribution in [3.8, 4) is 12.1 Å². The summed E-state index contributed by atoms with van der Waals surface area (Å²) in [5.74, 6) is 1.24. The van der Waals surface area contributed by atoms with Crippen molar-refractivity contribution in [3.63, 3.8) is 0 Å². The lowest BCUT2D eigenvalue weighted by Gasteiger charge is -2.61. The number of aromatic amines is 1. The van der Waals surface area contributed by atoms with Crippen molar-refractivity contribution in [3.05, 3.63) is 24.0 Å². The second-order valence-electron chi connectivity index (χ2n) is 10.8. The highest BCUT2D eigenvalue weighted by Crippen LogP contribution is 2.57. The number of piperidine rings is 1. The minimum atomic E-state index is -0.462. The third-order valence-corrected chi connectivity index (χ3v) is 8.24. The Morgan fingerprint density at radius 2 is 2.03 bits per heavy atom. The SMILES string of the molecule is N#CC1(COc2nc(C(=O)NC34CC(C3)C4)nc(N3CCC(c4[nH]nc5ncncc45)CC3)n2)CC1. The van der Waals surface area contributed by atoms with E-state index in [2.05, 4.69) is 51.4 Å². The first kappa shape index (κ1) is 21.4. The Morgan fingerprint density at radius 3 is 2.72 bits per heavy atom. The maximum Gasteiger partial charge on any atom is 0.322 e. The van der Waals surface area contributed by atoms with Gasteiger partial charge in [0.15, 0.2) is 5.65 Å². The molecular formula is C24H26N10O2. The Labute approximate surface area is 206 Å². The summed E-state index contributed by atoms with van der Waals surface area (Å²) in [7, 11) is 0. The molecule has 0 radical (unpaired) electrons. The molecule has 12 heteroatoms. The first-order chi connectivity index (χ1) is 17.5. The van der Waals surface area contributed by atoms with Crippen LogP contribution < -0.4 is 15.0 Å². The largest absolute Gasteiger partial charge is 0.462 e. The number of aromatic nitrogens is 7. The number of nitriles is 1. The van der Waals surface area contributed by atoms with E-state index in [0.29, 0.717) is 24.7 Å². The van der Waals surface area contributed by atoms with Gasteiger partial charge in [-0.05, 0) is 50.9 Å². The number of carbonyl (C=O) groups is 1. The summed E-state index contributed by atoms with van der Waals surface area (Å²) in [5.41, 5.74) is 1.18. The molecule has 3 aromatic rings. The molecule has 2 bridgehead atoms. The number of rotatable bonds is 7. The van der Waals surface area contributed by atoms with Gasteiger partial charge >= 0.3 is 6.01 Å². The van der Waals surface area contributed by atoms with Gasteiger partial charge < -0.3 is 15.0 Å². The van der Waals surface area contributed by atoms with Crippen molar-refractivity contribution in [1.29, 1.82) is 5.26 Å². The molecule has 4 saturated carbocycles. The molecule has 4 heterocycles. The fourth-order valence-electron chi connectivity index (χ4n) is 5.68. The predicted molar refractivity (Wildman–Crippen MR) is 126 cm³/mol. The Bertz CT molecular complexity index is 1370. The van der Waals surface area contributed by atoms with Gasteiger partial charge in [-0.2, -0.15) is 25.3 Å². The Hall–Kier alpha value is -3.88. The number of anilines is 1. The van der Waals surface area contributed by atoms with Crippen LogP contribution in [0, 0.1) is 22.7 Å². The lowest BCUT2D eigenvalue weighted by Crippen LogP contribution is -2.68. The van der Waals surface area contributed by atoms with Crippen LogP contribution in [0.3, 0.4) is 0 Å². The minimum Gasteiger partial charge on any atom is -0.462 e. The molecule has 0 spiro atoms. The van der Waals surface area contributed by atoms with Gasteiger partial charge in [-0.1, -0.05) is 0 Å². The van der Waals surface area contributed by atoms with Gasteiger partial charge in [0.25, 0.3) is 5.91 Å². The van der Waals surface area contributed by atoms with Crippen molar-refractivity contribution in [2.75, 3.05) is 24.6 Å². The molecule has 12 nitrogen and oxygen atoms in total. The van der Waals surface area contributed by atoms with Gasteiger partial charge in [0.2, 0.25) is 11.8 Å². The molecule has 1 aliphatic heterocycles. The number of ether oxygens (including phenoxy) is 1. The molecule has 0 atom stereocenters. The van der Waals surface area contributed by atoms with E-state index in [1.165, 1.54) is 6.33 Å². The number of nitrogens with zero attached hydrogens (tertiary/aromatic N) is 8. The van der Waals surface area contributed by atoms with Crippen LogP contribution in [0.4, 0.5) is 5.95 Å². The van der Waals surface area contributed by atoms with Crippen LogP contribution in [-0.4, -0.2) is 66.3 Å². The monoisotopic (exact) mass is 486 g/mol. The molecule has 1 saturated heterocycles. The smallest absolute Gasteiger partial charge is 0.322 e. The van der Waals surface area contributed by atoms with Crippen LogP contribution in [-0.2, 0) is 0 Å². The van der Waals surface area contributed by atoms with E-state index in [4.69, 9.17) is 4.74 Å². The van der Waals surface area contributed by atoms with E-state index < -0.39 is 5.41 Å². The molecule has 5 aliphatic rings. The second kappa shape index (κ2) is 7.81. The lowest BCUT2D eigenvalue weighted by molar-refractivity contribution is -0.0441. The second-order valence-corrected chi connectivity index (χ2v) is 10.8. The summed E-state index contributed by atoms with van der Waals surface area (Å²) in [6, 6.07) is 2.42. The molecule has 2 N–H and O–H groups in total.